The van der Waals surface area contributed by atoms with Gasteiger partial charge in [0.2, 0.25) is 0 Å². The fraction of sp³-hybridized carbons (Fsp3) is 0.647. The van der Waals surface area contributed by atoms with E-state index >= 15 is 0 Å². The lowest BCUT2D eigenvalue weighted by atomic mass is 10.1. The molecule has 118 valence electrons. The number of hydrogen-bond acceptors (Lipinski definition) is 4. The highest BCUT2D eigenvalue weighted by molar-refractivity contribution is 5.54. The van der Waals surface area contributed by atoms with Crippen molar-refractivity contribution < 1.29 is 5.11 Å². The zero-order valence-electron chi connectivity index (χ0n) is 13.8. The lowest BCUT2D eigenvalue weighted by Crippen LogP contribution is -2.48. The van der Waals surface area contributed by atoms with Crippen molar-refractivity contribution in [3.8, 4) is 5.75 Å². The van der Waals surface area contributed by atoms with Crippen LogP contribution < -0.4 is 10.2 Å². The van der Waals surface area contributed by atoms with Crippen LogP contribution in [-0.2, 0) is 0 Å². The van der Waals surface area contributed by atoms with E-state index in [2.05, 4.69) is 48.9 Å². The van der Waals surface area contributed by atoms with Crippen LogP contribution in [0.2, 0.25) is 0 Å². The van der Waals surface area contributed by atoms with Gasteiger partial charge in [-0.15, -0.1) is 0 Å². The highest BCUT2D eigenvalue weighted by Crippen LogP contribution is 2.29. The number of hydrogen-bond donors (Lipinski definition) is 2. The SMILES string of the molecule is CCNC(C)c1ccc(N2CCN(C(C)C)CC2)cc1O. The van der Waals surface area contributed by atoms with E-state index in [-0.39, 0.29) is 6.04 Å². The Morgan fingerprint density at radius 3 is 2.33 bits per heavy atom. The van der Waals surface area contributed by atoms with Crippen molar-refractivity contribution in [3.05, 3.63) is 23.8 Å². The third kappa shape index (κ3) is 3.89. The molecule has 2 rings (SSSR count). The van der Waals surface area contributed by atoms with Crippen molar-refractivity contribution in [1.82, 2.24) is 10.2 Å². The van der Waals surface area contributed by atoms with Crippen LogP contribution in [0.15, 0.2) is 18.2 Å². The van der Waals surface area contributed by atoms with Crippen LogP contribution in [0.4, 0.5) is 5.69 Å². The summed E-state index contributed by atoms with van der Waals surface area (Å²) in [6.07, 6.45) is 0. The van der Waals surface area contributed by atoms with Gasteiger partial charge in [0.05, 0.1) is 0 Å². The third-order valence-corrected chi connectivity index (χ3v) is 4.40. The van der Waals surface area contributed by atoms with Gasteiger partial charge in [0, 0.05) is 55.6 Å². The summed E-state index contributed by atoms with van der Waals surface area (Å²) in [6, 6.07) is 6.89. The van der Waals surface area contributed by atoms with Crippen molar-refractivity contribution in [2.45, 2.75) is 39.8 Å². The van der Waals surface area contributed by atoms with Crippen LogP contribution in [0.3, 0.4) is 0 Å². The molecule has 0 radical (unpaired) electrons. The zero-order chi connectivity index (χ0) is 15.4. The van der Waals surface area contributed by atoms with Crippen LogP contribution in [0.25, 0.3) is 0 Å². The van der Waals surface area contributed by atoms with Crippen LogP contribution in [0, 0.1) is 0 Å². The van der Waals surface area contributed by atoms with Crippen LogP contribution in [0.5, 0.6) is 5.75 Å². The van der Waals surface area contributed by atoms with Gasteiger partial charge in [-0.3, -0.25) is 4.90 Å². The number of aromatic hydroxyl groups is 1. The molecule has 1 atom stereocenters. The highest BCUT2D eigenvalue weighted by atomic mass is 16.3. The van der Waals surface area contributed by atoms with Gasteiger partial charge >= 0.3 is 0 Å². The molecule has 1 fully saturated rings. The molecule has 1 aromatic rings. The Labute approximate surface area is 128 Å². The van der Waals surface area contributed by atoms with Crippen molar-refractivity contribution in [2.75, 3.05) is 37.6 Å². The molecule has 4 heteroatoms. The van der Waals surface area contributed by atoms with Gasteiger partial charge < -0.3 is 15.3 Å². The molecule has 2 N–H and O–H groups in total. The number of benzene rings is 1. The molecule has 1 aliphatic rings. The number of phenols is 1. The van der Waals surface area contributed by atoms with E-state index in [9.17, 15) is 5.11 Å². The Balaban J connectivity index is 2.04. The maximum Gasteiger partial charge on any atom is 0.122 e. The fourth-order valence-corrected chi connectivity index (χ4v) is 3.01. The van der Waals surface area contributed by atoms with Gasteiger partial charge in [0.1, 0.15) is 5.75 Å². The van der Waals surface area contributed by atoms with Crippen molar-refractivity contribution in [2.24, 2.45) is 0 Å². The Kier molecular flexibility index (Phi) is 5.48. The lowest BCUT2D eigenvalue weighted by Gasteiger charge is -2.38. The van der Waals surface area contributed by atoms with Crippen LogP contribution in [0.1, 0.15) is 39.3 Å². The number of piperazine rings is 1. The van der Waals surface area contributed by atoms with Gasteiger partial charge in [0.15, 0.2) is 0 Å². The average molecular weight is 291 g/mol. The second-order valence-electron chi connectivity index (χ2n) is 6.14. The minimum Gasteiger partial charge on any atom is -0.508 e. The molecular formula is C17H29N3O. The van der Waals surface area contributed by atoms with Gasteiger partial charge in [-0.2, -0.15) is 0 Å². The first-order chi connectivity index (χ1) is 10.0. The predicted molar refractivity (Wildman–Crippen MR) is 89.1 cm³/mol. The summed E-state index contributed by atoms with van der Waals surface area (Å²) in [4.78, 5) is 4.86. The van der Waals surface area contributed by atoms with Crippen LogP contribution in [-0.4, -0.2) is 48.8 Å². The van der Waals surface area contributed by atoms with E-state index in [0.29, 0.717) is 11.8 Å². The van der Waals surface area contributed by atoms with E-state index in [1.165, 1.54) is 0 Å². The average Bonchev–Trinajstić information content (AvgIpc) is 2.47. The largest absolute Gasteiger partial charge is 0.508 e. The first kappa shape index (κ1) is 16.1. The summed E-state index contributed by atoms with van der Waals surface area (Å²) >= 11 is 0. The minimum atomic E-state index is 0.182. The molecule has 0 bridgehead atoms. The molecule has 0 amide bonds. The van der Waals surface area contributed by atoms with E-state index in [1.54, 1.807) is 0 Å². The van der Waals surface area contributed by atoms with Gasteiger partial charge in [-0.05, 0) is 33.4 Å². The summed E-state index contributed by atoms with van der Waals surface area (Å²) in [5.74, 6) is 0.396. The number of phenolic OH excluding ortho intramolecular Hbond substituents is 1. The molecule has 0 spiro atoms. The summed E-state index contributed by atoms with van der Waals surface area (Å²) < 4.78 is 0. The van der Waals surface area contributed by atoms with E-state index in [0.717, 1.165) is 44.0 Å². The molecule has 0 saturated carbocycles. The highest BCUT2D eigenvalue weighted by Gasteiger charge is 2.20. The number of anilines is 1. The zero-order valence-corrected chi connectivity index (χ0v) is 13.8. The first-order valence-electron chi connectivity index (χ1n) is 8.08. The van der Waals surface area contributed by atoms with Gasteiger partial charge in [-0.25, -0.2) is 0 Å². The molecule has 1 aliphatic heterocycles. The number of nitrogens with zero attached hydrogens (tertiary/aromatic N) is 2. The Hall–Kier alpha value is -1.26. The maximum absolute atomic E-state index is 10.3. The monoisotopic (exact) mass is 291 g/mol. The Bertz CT molecular complexity index is 453. The van der Waals surface area contributed by atoms with E-state index < -0.39 is 0 Å². The summed E-state index contributed by atoms with van der Waals surface area (Å²) in [5.41, 5.74) is 2.10. The summed E-state index contributed by atoms with van der Waals surface area (Å²) in [7, 11) is 0. The molecule has 4 nitrogen and oxygen atoms in total. The molecule has 1 saturated heterocycles. The quantitative estimate of drug-likeness (QED) is 0.874. The maximum atomic E-state index is 10.3. The summed E-state index contributed by atoms with van der Waals surface area (Å²) in [6.45, 7) is 13.8. The standard InChI is InChI=1S/C17H29N3O/c1-5-18-14(4)16-7-6-15(12-17(16)21)20-10-8-19(9-11-20)13(2)3/h6-7,12-14,18,21H,5,8-11H2,1-4H3. The Morgan fingerprint density at radius 2 is 1.81 bits per heavy atom. The molecule has 0 aromatic heterocycles. The molecule has 21 heavy (non-hydrogen) atoms. The molecular weight excluding hydrogens is 262 g/mol. The second-order valence-corrected chi connectivity index (χ2v) is 6.14. The normalized spacial score (nSPS) is 18.2. The molecule has 1 unspecified atom stereocenters. The second kappa shape index (κ2) is 7.14. The third-order valence-electron chi connectivity index (χ3n) is 4.40. The predicted octanol–water partition coefficient (Wildman–Crippen LogP) is 2.59. The molecule has 0 aliphatic carbocycles. The topological polar surface area (TPSA) is 38.7 Å². The van der Waals surface area contributed by atoms with Crippen molar-refractivity contribution in [3.63, 3.8) is 0 Å². The van der Waals surface area contributed by atoms with E-state index in [4.69, 9.17) is 0 Å². The summed E-state index contributed by atoms with van der Waals surface area (Å²) in [5, 5.41) is 13.6. The van der Waals surface area contributed by atoms with Crippen LogP contribution >= 0.6 is 0 Å². The minimum absolute atomic E-state index is 0.182. The lowest BCUT2D eigenvalue weighted by molar-refractivity contribution is 0.209. The van der Waals surface area contributed by atoms with Crippen molar-refractivity contribution in [1.29, 1.82) is 0 Å². The first-order valence-corrected chi connectivity index (χ1v) is 8.08. The smallest absolute Gasteiger partial charge is 0.122 e. The van der Waals surface area contributed by atoms with E-state index in [1.807, 2.05) is 12.1 Å². The number of nitrogens with one attached hydrogen (secondary N) is 1. The van der Waals surface area contributed by atoms with Gasteiger partial charge in [-0.1, -0.05) is 13.0 Å². The molecule has 1 aromatic carbocycles. The fourth-order valence-electron chi connectivity index (χ4n) is 3.01. The van der Waals surface area contributed by atoms with Crippen molar-refractivity contribution >= 4 is 5.69 Å². The number of rotatable bonds is 5. The Morgan fingerprint density at radius 1 is 1.14 bits per heavy atom. The van der Waals surface area contributed by atoms with Gasteiger partial charge in [0.25, 0.3) is 0 Å². The molecule has 1 heterocycles.